The number of carbonyl (C=O) groups is 1. The number of ether oxygens (including phenoxy) is 2. The smallest absolute Gasteiger partial charge is 0.255 e. The summed E-state index contributed by atoms with van der Waals surface area (Å²) in [6, 6.07) is 7.95. The third kappa shape index (κ3) is 4.29. The fraction of sp³-hybridized carbons (Fsp3) is 0.562. The second kappa shape index (κ2) is 10.3. The van der Waals surface area contributed by atoms with Gasteiger partial charge in [-0.25, -0.2) is 9.97 Å². The average Bonchev–Trinajstić information content (AvgIpc) is 3.76. The summed E-state index contributed by atoms with van der Waals surface area (Å²) in [7, 11) is 1.64. The van der Waals surface area contributed by atoms with E-state index in [9.17, 15) is 4.79 Å². The molecule has 4 aromatic heterocycles. The summed E-state index contributed by atoms with van der Waals surface area (Å²) >= 11 is 0. The van der Waals surface area contributed by atoms with E-state index in [0.717, 1.165) is 85.5 Å². The number of fused-ring (bicyclic) bond motifs is 2. The second-order valence-electron chi connectivity index (χ2n) is 12.5. The summed E-state index contributed by atoms with van der Waals surface area (Å²) in [6.07, 6.45) is 7.10. The molecule has 222 valence electrons. The van der Waals surface area contributed by atoms with Crippen LogP contribution in [0.25, 0.3) is 33.7 Å². The third-order valence-electron chi connectivity index (χ3n) is 10.1. The maximum atomic E-state index is 13.7. The minimum absolute atomic E-state index is 0.0141. The molecule has 2 saturated heterocycles. The molecule has 3 atom stereocenters. The van der Waals surface area contributed by atoms with E-state index in [1.54, 1.807) is 13.3 Å². The van der Waals surface area contributed by atoms with Gasteiger partial charge in [-0.15, -0.1) is 0 Å². The van der Waals surface area contributed by atoms with Crippen LogP contribution >= 0.6 is 0 Å². The van der Waals surface area contributed by atoms with E-state index in [-0.39, 0.29) is 23.6 Å². The summed E-state index contributed by atoms with van der Waals surface area (Å²) in [4.78, 5) is 30.4. The molecule has 0 bridgehead atoms. The van der Waals surface area contributed by atoms with Crippen LogP contribution in [0.3, 0.4) is 0 Å². The molecular weight excluding hydrogens is 530 g/mol. The normalized spacial score (nSPS) is 27.4. The summed E-state index contributed by atoms with van der Waals surface area (Å²) in [6.45, 7) is 9.37. The first-order valence-electron chi connectivity index (χ1n) is 15.5. The van der Waals surface area contributed by atoms with E-state index >= 15 is 0 Å². The van der Waals surface area contributed by atoms with Gasteiger partial charge in [0.05, 0.1) is 24.0 Å². The number of amides is 1. The van der Waals surface area contributed by atoms with Crippen molar-refractivity contribution in [2.45, 2.75) is 83.6 Å². The summed E-state index contributed by atoms with van der Waals surface area (Å²) in [5.74, 6) is 2.19. The topological polar surface area (TPSA) is 113 Å². The Morgan fingerprint density at radius 1 is 1.17 bits per heavy atom. The Bertz CT molecular complexity index is 1640. The predicted molar refractivity (Wildman–Crippen MR) is 161 cm³/mol. The number of carbonyl (C=O) groups excluding carboxylic acids is 1. The SMILES string of the molecule is CCC1CN(C(=O)c2cnc3c(c2)nc(-c2cc4ccc(OC)nc4n2CC)n3CC2CC3(CCCO3)C2)C(C)[C@@H]1N. The van der Waals surface area contributed by atoms with Crippen molar-refractivity contribution in [2.24, 2.45) is 17.6 Å². The van der Waals surface area contributed by atoms with Crippen molar-refractivity contribution in [3.63, 3.8) is 0 Å². The Labute approximate surface area is 246 Å². The van der Waals surface area contributed by atoms with E-state index in [0.29, 0.717) is 29.8 Å². The van der Waals surface area contributed by atoms with Crippen molar-refractivity contribution < 1.29 is 14.3 Å². The number of methoxy groups -OCH3 is 1. The second-order valence-corrected chi connectivity index (χ2v) is 12.5. The van der Waals surface area contributed by atoms with Gasteiger partial charge in [0.1, 0.15) is 11.2 Å². The predicted octanol–water partition coefficient (Wildman–Crippen LogP) is 4.63. The van der Waals surface area contributed by atoms with Crippen molar-refractivity contribution in [1.82, 2.24) is 29.0 Å². The van der Waals surface area contributed by atoms with E-state index in [1.165, 1.54) is 0 Å². The number of imidazole rings is 1. The fourth-order valence-electron chi connectivity index (χ4n) is 7.66. The van der Waals surface area contributed by atoms with Crippen molar-refractivity contribution in [2.75, 3.05) is 20.3 Å². The number of pyridine rings is 2. The number of nitrogens with two attached hydrogens (primary N) is 1. The van der Waals surface area contributed by atoms with Crippen LogP contribution in [-0.2, 0) is 17.8 Å². The zero-order chi connectivity index (χ0) is 29.2. The van der Waals surface area contributed by atoms with Crippen molar-refractivity contribution in [3.8, 4) is 17.4 Å². The Hall–Kier alpha value is -3.50. The van der Waals surface area contributed by atoms with E-state index < -0.39 is 0 Å². The lowest BCUT2D eigenvalue weighted by Gasteiger charge is -2.44. The van der Waals surface area contributed by atoms with Gasteiger partial charge in [-0.1, -0.05) is 13.3 Å². The number of nitrogens with zero attached hydrogens (tertiary/aromatic N) is 6. The first-order chi connectivity index (χ1) is 20.3. The Morgan fingerprint density at radius 2 is 2.00 bits per heavy atom. The Balaban J connectivity index is 1.30. The minimum Gasteiger partial charge on any atom is -0.481 e. The van der Waals surface area contributed by atoms with Crippen molar-refractivity contribution in [3.05, 3.63) is 36.0 Å². The first-order valence-corrected chi connectivity index (χ1v) is 15.5. The number of hydrogen-bond acceptors (Lipinski definition) is 7. The molecule has 1 amide bonds. The van der Waals surface area contributed by atoms with Gasteiger partial charge in [0.2, 0.25) is 5.88 Å². The quantitative estimate of drug-likeness (QED) is 0.344. The molecule has 2 unspecified atom stereocenters. The van der Waals surface area contributed by atoms with Crippen LogP contribution in [0.15, 0.2) is 30.5 Å². The Morgan fingerprint density at radius 3 is 2.69 bits per heavy atom. The molecule has 42 heavy (non-hydrogen) atoms. The minimum atomic E-state index is -0.0299. The summed E-state index contributed by atoms with van der Waals surface area (Å²) in [5, 5.41) is 1.03. The van der Waals surface area contributed by atoms with Gasteiger partial charge in [0.15, 0.2) is 11.5 Å². The molecule has 2 N–H and O–H groups in total. The molecule has 2 aliphatic heterocycles. The molecule has 3 fully saturated rings. The molecule has 10 heteroatoms. The lowest BCUT2D eigenvalue weighted by molar-refractivity contribution is -0.0939. The highest BCUT2D eigenvalue weighted by Gasteiger charge is 2.47. The van der Waals surface area contributed by atoms with Crippen LogP contribution in [0.5, 0.6) is 5.88 Å². The molecule has 1 saturated carbocycles. The number of hydrogen-bond donors (Lipinski definition) is 1. The van der Waals surface area contributed by atoms with Crippen LogP contribution in [0.1, 0.15) is 63.2 Å². The van der Waals surface area contributed by atoms with Crippen LogP contribution in [-0.4, -0.2) is 72.8 Å². The van der Waals surface area contributed by atoms with Crippen LogP contribution < -0.4 is 10.5 Å². The molecule has 0 aromatic carbocycles. The molecule has 6 heterocycles. The highest BCUT2D eigenvalue weighted by molar-refractivity contribution is 5.97. The standard InChI is InChI=1S/C32H41N7O3/c1-5-21-18-38(19(3)27(21)33)31(40)23-12-24-29(34-16-23)39(17-20-14-32(15-20)10-7-11-42-32)30(35-24)25-13-22-8-9-26(41-4)36-28(22)37(25)6-2/h8-9,12-13,16,19-21,27H,5-7,10-11,14-15,17-18,33H2,1-4H3/t19?,20?,21?,27-,32?/m0/s1. The van der Waals surface area contributed by atoms with Crippen molar-refractivity contribution >= 4 is 28.1 Å². The summed E-state index contributed by atoms with van der Waals surface area (Å²) < 4.78 is 16.0. The maximum absolute atomic E-state index is 13.7. The number of aromatic nitrogens is 5. The molecular formula is C32H41N7O3. The highest BCUT2D eigenvalue weighted by atomic mass is 16.5. The van der Waals surface area contributed by atoms with E-state index in [4.69, 9.17) is 30.2 Å². The molecule has 1 spiro atoms. The molecule has 4 aromatic rings. The largest absolute Gasteiger partial charge is 0.481 e. The monoisotopic (exact) mass is 571 g/mol. The average molecular weight is 572 g/mol. The van der Waals surface area contributed by atoms with E-state index in [2.05, 4.69) is 29.0 Å². The fourth-order valence-corrected chi connectivity index (χ4v) is 7.66. The Kier molecular flexibility index (Phi) is 6.73. The van der Waals surface area contributed by atoms with Crippen LogP contribution in [0.4, 0.5) is 0 Å². The third-order valence-corrected chi connectivity index (χ3v) is 10.1. The summed E-state index contributed by atoms with van der Waals surface area (Å²) in [5.41, 5.74) is 10.4. The molecule has 1 aliphatic carbocycles. The molecule has 10 nitrogen and oxygen atoms in total. The van der Waals surface area contributed by atoms with Gasteiger partial charge in [-0.05, 0) is 69.6 Å². The molecule has 0 radical (unpaired) electrons. The van der Waals surface area contributed by atoms with Gasteiger partial charge >= 0.3 is 0 Å². The number of aryl methyl sites for hydroxylation is 1. The maximum Gasteiger partial charge on any atom is 0.255 e. The van der Waals surface area contributed by atoms with Gasteiger partial charge in [-0.2, -0.15) is 4.98 Å². The lowest BCUT2D eigenvalue weighted by atomic mass is 9.69. The van der Waals surface area contributed by atoms with Crippen LogP contribution in [0.2, 0.25) is 0 Å². The van der Waals surface area contributed by atoms with Gasteiger partial charge in [0.25, 0.3) is 5.91 Å². The lowest BCUT2D eigenvalue weighted by Crippen LogP contribution is -2.44. The number of rotatable bonds is 7. The zero-order valence-electron chi connectivity index (χ0n) is 25.0. The van der Waals surface area contributed by atoms with Gasteiger partial charge in [0, 0.05) is 56.0 Å². The van der Waals surface area contributed by atoms with Gasteiger partial charge < -0.3 is 29.2 Å². The number of likely N-dealkylation sites (tertiary alicyclic amines) is 1. The van der Waals surface area contributed by atoms with Crippen LogP contribution in [0, 0.1) is 11.8 Å². The molecule has 7 rings (SSSR count). The first kappa shape index (κ1) is 27.3. The van der Waals surface area contributed by atoms with Gasteiger partial charge in [-0.3, -0.25) is 4.79 Å². The van der Waals surface area contributed by atoms with E-state index in [1.807, 2.05) is 30.0 Å². The molecule has 3 aliphatic rings. The zero-order valence-corrected chi connectivity index (χ0v) is 25.0. The van der Waals surface area contributed by atoms with Crippen molar-refractivity contribution in [1.29, 1.82) is 0 Å². The highest BCUT2D eigenvalue weighted by Crippen LogP contribution is 2.48.